The molecule has 8 heteroatoms. The molecule has 1 heterocycles. The van der Waals surface area contributed by atoms with Crippen molar-refractivity contribution in [2.24, 2.45) is 0 Å². The van der Waals surface area contributed by atoms with Gasteiger partial charge in [-0.3, -0.25) is 0 Å². The third-order valence-corrected chi connectivity index (χ3v) is 3.73. The highest BCUT2D eigenvalue weighted by molar-refractivity contribution is 5.95. The molecule has 144 valence electrons. The van der Waals surface area contributed by atoms with Gasteiger partial charge in [0, 0.05) is 6.08 Å². The first-order valence-corrected chi connectivity index (χ1v) is 8.41. The molecule has 1 unspecified atom stereocenters. The van der Waals surface area contributed by atoms with Crippen LogP contribution in [0.2, 0.25) is 0 Å². The van der Waals surface area contributed by atoms with Gasteiger partial charge in [-0.25, -0.2) is 14.4 Å². The summed E-state index contributed by atoms with van der Waals surface area (Å²) in [5, 5.41) is 5.06. The molecule has 0 saturated heterocycles. The van der Waals surface area contributed by atoms with E-state index in [4.69, 9.17) is 14.2 Å². The van der Waals surface area contributed by atoms with Gasteiger partial charge in [-0.1, -0.05) is 12.1 Å². The molecule has 2 amide bonds. The highest BCUT2D eigenvalue weighted by atomic mass is 16.5. The molecular weight excluding hydrogens is 352 g/mol. The van der Waals surface area contributed by atoms with Crippen LogP contribution in [0, 0.1) is 0 Å². The van der Waals surface area contributed by atoms with Crippen molar-refractivity contribution in [2.75, 3.05) is 20.3 Å². The van der Waals surface area contributed by atoms with Crippen LogP contribution >= 0.6 is 0 Å². The fraction of sp³-hybridized carbons (Fsp3) is 0.316. The van der Waals surface area contributed by atoms with Crippen LogP contribution in [0.15, 0.2) is 41.6 Å². The number of rotatable bonds is 7. The number of urea groups is 1. The van der Waals surface area contributed by atoms with E-state index in [1.807, 2.05) is 6.07 Å². The van der Waals surface area contributed by atoms with E-state index in [1.165, 1.54) is 6.08 Å². The lowest BCUT2D eigenvalue weighted by molar-refractivity contribution is -0.140. The van der Waals surface area contributed by atoms with Crippen LogP contribution in [-0.4, -0.2) is 44.3 Å². The van der Waals surface area contributed by atoms with Gasteiger partial charge in [-0.15, -0.1) is 0 Å². The van der Waals surface area contributed by atoms with Gasteiger partial charge in [0.1, 0.15) is 12.4 Å². The molecule has 1 atom stereocenters. The molecular formula is C19H22N2O6. The van der Waals surface area contributed by atoms with E-state index in [0.717, 1.165) is 5.56 Å². The molecule has 0 bridgehead atoms. The van der Waals surface area contributed by atoms with Gasteiger partial charge in [0.15, 0.2) is 0 Å². The average Bonchev–Trinajstić information content (AvgIpc) is 2.64. The topological polar surface area (TPSA) is 103 Å². The summed E-state index contributed by atoms with van der Waals surface area (Å²) in [6, 6.07) is 6.13. The summed E-state index contributed by atoms with van der Waals surface area (Å²) in [5.41, 5.74) is 1.19. The lowest BCUT2D eigenvalue weighted by Crippen LogP contribution is -2.50. The largest absolute Gasteiger partial charge is 0.497 e. The second-order valence-electron chi connectivity index (χ2n) is 5.65. The number of hydrogen-bond acceptors (Lipinski definition) is 6. The van der Waals surface area contributed by atoms with Crippen LogP contribution in [0.5, 0.6) is 5.75 Å². The highest BCUT2D eigenvalue weighted by Crippen LogP contribution is 2.16. The zero-order valence-electron chi connectivity index (χ0n) is 15.4. The highest BCUT2D eigenvalue weighted by Gasteiger charge is 2.30. The van der Waals surface area contributed by atoms with Crippen LogP contribution < -0.4 is 15.4 Å². The lowest BCUT2D eigenvalue weighted by Gasteiger charge is -2.26. The van der Waals surface area contributed by atoms with Crippen LogP contribution in [0.4, 0.5) is 4.79 Å². The van der Waals surface area contributed by atoms with Gasteiger partial charge < -0.3 is 24.8 Å². The summed E-state index contributed by atoms with van der Waals surface area (Å²) in [6.07, 6.45) is 2.83. The number of ether oxygens (including phenoxy) is 3. The zero-order valence-corrected chi connectivity index (χ0v) is 15.4. The minimum absolute atomic E-state index is 0.194. The summed E-state index contributed by atoms with van der Waals surface area (Å²) >= 11 is 0. The van der Waals surface area contributed by atoms with Crippen molar-refractivity contribution in [1.29, 1.82) is 0 Å². The predicted molar refractivity (Wildman–Crippen MR) is 97.8 cm³/mol. The maximum Gasteiger partial charge on any atom is 0.338 e. The molecule has 1 aliphatic heterocycles. The minimum Gasteiger partial charge on any atom is -0.497 e. The summed E-state index contributed by atoms with van der Waals surface area (Å²) in [4.78, 5) is 35.7. The third-order valence-electron chi connectivity index (χ3n) is 3.73. The Labute approximate surface area is 157 Å². The summed E-state index contributed by atoms with van der Waals surface area (Å²) in [5.74, 6) is -0.523. The smallest absolute Gasteiger partial charge is 0.338 e. The Morgan fingerprint density at radius 3 is 2.74 bits per heavy atom. The Morgan fingerprint density at radius 1 is 1.26 bits per heavy atom. The second kappa shape index (κ2) is 9.42. The summed E-state index contributed by atoms with van der Waals surface area (Å²) in [7, 11) is 1.56. The Balaban J connectivity index is 2.06. The molecule has 1 aromatic rings. The van der Waals surface area contributed by atoms with E-state index < -0.39 is 24.0 Å². The van der Waals surface area contributed by atoms with Crippen molar-refractivity contribution in [3.05, 3.63) is 47.2 Å². The molecule has 0 radical (unpaired) electrons. The van der Waals surface area contributed by atoms with Gasteiger partial charge in [0.25, 0.3) is 0 Å². The molecule has 2 N–H and O–H groups in total. The molecule has 1 aliphatic rings. The molecule has 0 aliphatic carbocycles. The fourth-order valence-electron chi connectivity index (χ4n) is 2.49. The normalized spacial score (nSPS) is 16.6. The van der Waals surface area contributed by atoms with Crippen LogP contribution in [0.1, 0.15) is 19.4 Å². The van der Waals surface area contributed by atoms with Gasteiger partial charge in [0.05, 0.1) is 31.0 Å². The Hall–Kier alpha value is -3.29. The zero-order chi connectivity index (χ0) is 19.8. The van der Waals surface area contributed by atoms with E-state index in [1.54, 1.807) is 45.2 Å². The van der Waals surface area contributed by atoms with Crippen molar-refractivity contribution in [2.45, 2.75) is 19.9 Å². The predicted octanol–water partition coefficient (Wildman–Crippen LogP) is 1.77. The molecule has 0 fully saturated rings. The first-order chi connectivity index (χ1) is 12.9. The number of hydrogen-bond donors (Lipinski definition) is 2. The van der Waals surface area contributed by atoms with Crippen molar-refractivity contribution in [3.63, 3.8) is 0 Å². The van der Waals surface area contributed by atoms with Gasteiger partial charge in [-0.05, 0) is 37.6 Å². The number of amides is 2. The number of methoxy groups -OCH3 is 1. The number of nitrogens with one attached hydrogen (secondary N) is 2. The van der Waals surface area contributed by atoms with E-state index >= 15 is 0 Å². The van der Waals surface area contributed by atoms with Crippen molar-refractivity contribution in [1.82, 2.24) is 10.6 Å². The maximum absolute atomic E-state index is 12.1. The van der Waals surface area contributed by atoms with E-state index in [2.05, 4.69) is 10.6 Å². The Bertz CT molecular complexity index is 784. The van der Waals surface area contributed by atoms with E-state index in [0.29, 0.717) is 5.75 Å². The number of carbonyl (C=O) groups excluding carboxylic acids is 3. The second-order valence-corrected chi connectivity index (χ2v) is 5.65. The van der Waals surface area contributed by atoms with Crippen molar-refractivity contribution in [3.8, 4) is 5.75 Å². The quantitative estimate of drug-likeness (QED) is 0.557. The first kappa shape index (κ1) is 20.0. The standard InChI is InChI=1S/C19H22N2O6/c1-4-26-18(23)17-12(2)20-19(24)21-15(17)11-27-16(22)9-8-13-6-5-7-14(10-13)25-3/h5-10,12H,4,11H2,1-3H3,(H2,20,21,24). The molecule has 1 aromatic carbocycles. The first-order valence-electron chi connectivity index (χ1n) is 8.41. The monoisotopic (exact) mass is 374 g/mol. The minimum atomic E-state index is -0.617. The molecule has 0 spiro atoms. The van der Waals surface area contributed by atoms with E-state index in [-0.39, 0.29) is 24.5 Å². The molecule has 27 heavy (non-hydrogen) atoms. The van der Waals surface area contributed by atoms with Crippen molar-refractivity contribution >= 4 is 24.0 Å². The third kappa shape index (κ3) is 5.60. The molecule has 0 aromatic heterocycles. The SMILES string of the molecule is CCOC(=O)C1=C(COC(=O)C=Cc2cccc(OC)c2)NC(=O)NC1C. The molecule has 0 saturated carbocycles. The van der Waals surface area contributed by atoms with Gasteiger partial charge in [-0.2, -0.15) is 0 Å². The molecule has 2 rings (SSSR count). The Morgan fingerprint density at radius 2 is 2.04 bits per heavy atom. The number of esters is 2. The fourth-order valence-corrected chi connectivity index (χ4v) is 2.49. The van der Waals surface area contributed by atoms with Gasteiger partial charge in [0.2, 0.25) is 0 Å². The maximum atomic E-state index is 12.1. The Kier molecular flexibility index (Phi) is 6.99. The summed E-state index contributed by atoms with van der Waals surface area (Å²) < 4.78 is 15.3. The lowest BCUT2D eigenvalue weighted by atomic mass is 10.0. The van der Waals surface area contributed by atoms with Crippen LogP contribution in [-0.2, 0) is 19.1 Å². The molecule has 8 nitrogen and oxygen atoms in total. The van der Waals surface area contributed by atoms with E-state index in [9.17, 15) is 14.4 Å². The summed E-state index contributed by atoms with van der Waals surface area (Å²) in [6.45, 7) is 3.27. The van der Waals surface area contributed by atoms with Crippen LogP contribution in [0.25, 0.3) is 6.08 Å². The average molecular weight is 374 g/mol. The van der Waals surface area contributed by atoms with Crippen LogP contribution in [0.3, 0.4) is 0 Å². The van der Waals surface area contributed by atoms with Gasteiger partial charge >= 0.3 is 18.0 Å². The number of benzene rings is 1. The van der Waals surface area contributed by atoms with Crippen molar-refractivity contribution < 1.29 is 28.6 Å². The number of carbonyl (C=O) groups is 3.